The van der Waals surface area contributed by atoms with Crippen LogP contribution in [0.25, 0.3) is 0 Å². The Kier molecular flexibility index (Phi) is 5.58. The molecule has 6 heteroatoms. The van der Waals surface area contributed by atoms with Gasteiger partial charge >= 0.3 is 0 Å². The topological polar surface area (TPSA) is 84.7 Å². The number of nitrogens with two attached hydrogens (primary N) is 1. The average Bonchev–Trinajstić information content (AvgIpc) is 3.27. The summed E-state index contributed by atoms with van der Waals surface area (Å²) in [4.78, 5) is 26.6. The first-order valence-electron chi connectivity index (χ1n) is 7.91. The molecule has 1 saturated heterocycles. The van der Waals surface area contributed by atoms with Crippen molar-refractivity contribution >= 4 is 11.8 Å². The molecule has 2 amide bonds. The minimum Gasteiger partial charge on any atom is -0.377 e. The Balaban J connectivity index is 2.01. The van der Waals surface area contributed by atoms with Gasteiger partial charge in [0.05, 0.1) is 19.1 Å². The molecule has 1 saturated carbocycles. The van der Waals surface area contributed by atoms with Crippen molar-refractivity contribution in [1.29, 1.82) is 0 Å². The van der Waals surface area contributed by atoms with E-state index in [0.717, 1.165) is 19.3 Å². The lowest BCUT2D eigenvalue weighted by Gasteiger charge is -2.36. The molecule has 0 aromatic heterocycles. The molecular formula is C15H27N3O3. The Bertz CT molecular complexity index is 382. The fourth-order valence-electron chi connectivity index (χ4n) is 2.71. The first-order chi connectivity index (χ1) is 10.0. The van der Waals surface area contributed by atoms with Gasteiger partial charge in [-0.3, -0.25) is 9.59 Å². The van der Waals surface area contributed by atoms with E-state index in [1.165, 1.54) is 0 Å². The molecule has 21 heavy (non-hydrogen) atoms. The van der Waals surface area contributed by atoms with Gasteiger partial charge in [-0.15, -0.1) is 0 Å². The van der Waals surface area contributed by atoms with Crippen molar-refractivity contribution < 1.29 is 14.3 Å². The summed E-state index contributed by atoms with van der Waals surface area (Å²) in [5.74, 6) is 0.0953. The van der Waals surface area contributed by atoms with E-state index in [-0.39, 0.29) is 30.4 Å². The van der Waals surface area contributed by atoms with E-state index in [2.05, 4.69) is 19.2 Å². The van der Waals surface area contributed by atoms with Crippen LogP contribution < -0.4 is 11.1 Å². The van der Waals surface area contributed by atoms with E-state index >= 15 is 0 Å². The van der Waals surface area contributed by atoms with Gasteiger partial charge in [-0.1, -0.05) is 13.8 Å². The zero-order valence-corrected chi connectivity index (χ0v) is 13.0. The van der Waals surface area contributed by atoms with E-state index in [4.69, 9.17) is 10.5 Å². The summed E-state index contributed by atoms with van der Waals surface area (Å²) in [6, 6.07) is -0.217. The number of carbonyl (C=O) groups excluding carboxylic acids is 2. The quantitative estimate of drug-likeness (QED) is 0.729. The van der Waals surface area contributed by atoms with E-state index in [9.17, 15) is 9.59 Å². The SMILES string of the molecule is CC(C)CC(CN)C(=O)N1CCOCC1C(=O)NC1CC1. The van der Waals surface area contributed by atoms with Crippen molar-refractivity contribution in [3.63, 3.8) is 0 Å². The molecule has 2 fully saturated rings. The molecule has 2 rings (SSSR count). The van der Waals surface area contributed by atoms with Gasteiger partial charge < -0.3 is 20.7 Å². The minimum atomic E-state index is -0.506. The van der Waals surface area contributed by atoms with E-state index in [1.807, 2.05) is 0 Å². The molecule has 0 bridgehead atoms. The van der Waals surface area contributed by atoms with Crippen molar-refractivity contribution in [2.75, 3.05) is 26.3 Å². The van der Waals surface area contributed by atoms with E-state index in [1.54, 1.807) is 4.90 Å². The zero-order valence-electron chi connectivity index (χ0n) is 13.0. The largest absolute Gasteiger partial charge is 0.377 e. The number of nitrogens with one attached hydrogen (secondary N) is 1. The van der Waals surface area contributed by atoms with Gasteiger partial charge in [-0.25, -0.2) is 0 Å². The normalized spacial score (nSPS) is 24.0. The molecule has 0 aromatic carbocycles. The third-order valence-electron chi connectivity index (χ3n) is 4.03. The van der Waals surface area contributed by atoms with Crippen LogP contribution in [0.3, 0.4) is 0 Å². The van der Waals surface area contributed by atoms with E-state index in [0.29, 0.717) is 25.6 Å². The predicted molar refractivity (Wildman–Crippen MR) is 79.5 cm³/mol. The highest BCUT2D eigenvalue weighted by Gasteiger charge is 2.37. The number of nitrogens with zero attached hydrogens (tertiary/aromatic N) is 1. The summed E-state index contributed by atoms with van der Waals surface area (Å²) in [7, 11) is 0. The maximum Gasteiger partial charge on any atom is 0.245 e. The monoisotopic (exact) mass is 297 g/mol. The summed E-state index contributed by atoms with van der Waals surface area (Å²) in [5.41, 5.74) is 5.76. The van der Waals surface area contributed by atoms with Crippen molar-refractivity contribution in [1.82, 2.24) is 10.2 Å². The van der Waals surface area contributed by atoms with Crippen LogP contribution in [0.4, 0.5) is 0 Å². The summed E-state index contributed by atoms with van der Waals surface area (Å²) in [5, 5.41) is 2.96. The van der Waals surface area contributed by atoms with Gasteiger partial charge in [0.25, 0.3) is 0 Å². The second-order valence-electron chi connectivity index (χ2n) is 6.47. The third-order valence-corrected chi connectivity index (χ3v) is 4.03. The van der Waals surface area contributed by atoms with Crippen molar-refractivity contribution in [3.8, 4) is 0 Å². The van der Waals surface area contributed by atoms with Crippen molar-refractivity contribution in [2.24, 2.45) is 17.6 Å². The molecule has 2 aliphatic rings. The van der Waals surface area contributed by atoms with Gasteiger partial charge in [0.15, 0.2) is 0 Å². The molecule has 1 heterocycles. The van der Waals surface area contributed by atoms with Gasteiger partial charge in [0.2, 0.25) is 11.8 Å². The van der Waals surface area contributed by atoms with Gasteiger partial charge in [0, 0.05) is 19.1 Å². The second kappa shape index (κ2) is 7.22. The number of amides is 2. The van der Waals surface area contributed by atoms with Crippen LogP contribution in [-0.2, 0) is 14.3 Å². The van der Waals surface area contributed by atoms with E-state index < -0.39 is 6.04 Å². The maximum atomic E-state index is 12.7. The molecule has 1 aliphatic heterocycles. The van der Waals surface area contributed by atoms with Crippen LogP contribution in [-0.4, -0.2) is 55.1 Å². The molecule has 6 nitrogen and oxygen atoms in total. The molecular weight excluding hydrogens is 270 g/mol. The van der Waals surface area contributed by atoms with Gasteiger partial charge in [0.1, 0.15) is 6.04 Å². The summed E-state index contributed by atoms with van der Waals surface area (Å²) < 4.78 is 5.39. The Labute approximate surface area is 126 Å². The fourth-order valence-corrected chi connectivity index (χ4v) is 2.71. The molecule has 0 spiro atoms. The van der Waals surface area contributed by atoms with Crippen LogP contribution in [0.5, 0.6) is 0 Å². The highest BCUT2D eigenvalue weighted by Crippen LogP contribution is 2.21. The number of ether oxygens (including phenoxy) is 1. The predicted octanol–water partition coefficient (Wildman–Crippen LogP) is 0.113. The summed E-state index contributed by atoms with van der Waals surface area (Å²) >= 11 is 0. The molecule has 2 atom stereocenters. The molecule has 3 N–H and O–H groups in total. The highest BCUT2D eigenvalue weighted by atomic mass is 16.5. The number of morpholine rings is 1. The molecule has 0 radical (unpaired) electrons. The van der Waals surface area contributed by atoms with Gasteiger partial charge in [-0.2, -0.15) is 0 Å². The summed E-state index contributed by atoms with van der Waals surface area (Å²) in [6.45, 7) is 5.71. The Morgan fingerprint density at radius 2 is 2.10 bits per heavy atom. The summed E-state index contributed by atoms with van der Waals surface area (Å²) in [6.07, 6.45) is 2.82. The molecule has 2 unspecified atom stereocenters. The number of hydrogen-bond acceptors (Lipinski definition) is 4. The molecule has 0 aromatic rings. The average molecular weight is 297 g/mol. The lowest BCUT2D eigenvalue weighted by Crippen LogP contribution is -2.58. The van der Waals surface area contributed by atoms with Gasteiger partial charge in [-0.05, 0) is 25.2 Å². The first-order valence-corrected chi connectivity index (χ1v) is 7.91. The van der Waals surface area contributed by atoms with Crippen LogP contribution >= 0.6 is 0 Å². The smallest absolute Gasteiger partial charge is 0.245 e. The van der Waals surface area contributed by atoms with Crippen LogP contribution in [0.15, 0.2) is 0 Å². The minimum absolute atomic E-state index is 0.00885. The van der Waals surface area contributed by atoms with Crippen LogP contribution in [0, 0.1) is 11.8 Å². The number of hydrogen-bond donors (Lipinski definition) is 2. The standard InChI is InChI=1S/C15H27N3O3/c1-10(2)7-11(8-16)15(20)18-5-6-21-9-13(18)14(19)17-12-3-4-12/h10-13H,3-9,16H2,1-2H3,(H,17,19). The van der Waals surface area contributed by atoms with Crippen molar-refractivity contribution in [3.05, 3.63) is 0 Å². The van der Waals surface area contributed by atoms with Crippen LogP contribution in [0.2, 0.25) is 0 Å². The highest BCUT2D eigenvalue weighted by molar-refractivity contribution is 5.89. The first kappa shape index (κ1) is 16.2. The lowest BCUT2D eigenvalue weighted by atomic mass is 9.95. The number of carbonyl (C=O) groups is 2. The Hall–Kier alpha value is -1.14. The molecule has 1 aliphatic carbocycles. The maximum absolute atomic E-state index is 12.7. The molecule has 120 valence electrons. The third kappa shape index (κ3) is 4.41. The zero-order chi connectivity index (χ0) is 15.4. The van der Waals surface area contributed by atoms with Crippen LogP contribution in [0.1, 0.15) is 33.1 Å². The fraction of sp³-hybridized carbons (Fsp3) is 0.867. The second-order valence-corrected chi connectivity index (χ2v) is 6.47. The lowest BCUT2D eigenvalue weighted by molar-refractivity contribution is -0.151. The van der Waals surface area contributed by atoms with Crippen molar-refractivity contribution in [2.45, 2.75) is 45.2 Å². The Morgan fingerprint density at radius 1 is 1.38 bits per heavy atom. The Morgan fingerprint density at radius 3 is 2.67 bits per heavy atom. The number of rotatable bonds is 6.